The Morgan fingerprint density at radius 3 is 2.84 bits per heavy atom. The number of aromatic nitrogens is 2. The van der Waals surface area contributed by atoms with Gasteiger partial charge in [-0.2, -0.15) is 5.26 Å². The van der Waals surface area contributed by atoms with E-state index in [0.29, 0.717) is 22.1 Å². The predicted molar refractivity (Wildman–Crippen MR) is 70.9 cm³/mol. The van der Waals surface area contributed by atoms with Crippen molar-refractivity contribution in [3.63, 3.8) is 0 Å². The van der Waals surface area contributed by atoms with Crippen LogP contribution in [0.1, 0.15) is 21.7 Å². The van der Waals surface area contributed by atoms with Gasteiger partial charge in [-0.25, -0.2) is 9.97 Å². The van der Waals surface area contributed by atoms with E-state index in [2.05, 4.69) is 15.3 Å². The summed E-state index contributed by atoms with van der Waals surface area (Å²) in [6.07, 6.45) is 1.43. The van der Waals surface area contributed by atoms with Crippen LogP contribution in [0.25, 0.3) is 0 Å². The maximum absolute atomic E-state index is 12.0. The first-order chi connectivity index (χ1) is 9.08. The average Bonchev–Trinajstić information content (AvgIpc) is 2.40. The highest BCUT2D eigenvalue weighted by Gasteiger charge is 2.10. The van der Waals surface area contributed by atoms with E-state index < -0.39 is 5.91 Å². The molecular formula is C13H9ClN4O. The average molecular weight is 273 g/mol. The van der Waals surface area contributed by atoms with Crippen molar-refractivity contribution in [3.05, 3.63) is 52.4 Å². The van der Waals surface area contributed by atoms with Crippen molar-refractivity contribution in [1.82, 2.24) is 9.97 Å². The predicted octanol–water partition coefficient (Wildman–Crippen LogP) is 2.56. The van der Waals surface area contributed by atoms with Crippen LogP contribution in [-0.2, 0) is 0 Å². The highest BCUT2D eigenvalue weighted by molar-refractivity contribution is 6.30. The first-order valence-electron chi connectivity index (χ1n) is 5.40. The monoisotopic (exact) mass is 272 g/mol. The van der Waals surface area contributed by atoms with Crippen LogP contribution >= 0.6 is 11.6 Å². The number of aryl methyl sites for hydroxylation is 1. The van der Waals surface area contributed by atoms with E-state index in [-0.39, 0.29) is 5.69 Å². The lowest BCUT2D eigenvalue weighted by molar-refractivity contribution is 0.102. The van der Waals surface area contributed by atoms with Gasteiger partial charge < -0.3 is 5.32 Å². The largest absolute Gasteiger partial charge is 0.305 e. The summed E-state index contributed by atoms with van der Waals surface area (Å²) >= 11 is 5.70. The third-order valence-electron chi connectivity index (χ3n) is 2.28. The number of nitrogens with zero attached hydrogens (tertiary/aromatic N) is 3. The molecule has 0 fully saturated rings. The third kappa shape index (κ3) is 3.27. The molecule has 19 heavy (non-hydrogen) atoms. The smallest absolute Gasteiger partial charge is 0.275 e. The van der Waals surface area contributed by atoms with Crippen LogP contribution in [0.4, 0.5) is 5.82 Å². The lowest BCUT2D eigenvalue weighted by Gasteiger charge is -2.05. The summed E-state index contributed by atoms with van der Waals surface area (Å²) in [4.78, 5) is 20.0. The normalized spacial score (nSPS) is 9.74. The molecule has 0 bridgehead atoms. The zero-order valence-corrected chi connectivity index (χ0v) is 10.8. The van der Waals surface area contributed by atoms with Crippen molar-refractivity contribution >= 4 is 23.3 Å². The van der Waals surface area contributed by atoms with Gasteiger partial charge in [0.1, 0.15) is 11.5 Å². The van der Waals surface area contributed by atoms with Gasteiger partial charge in [0.05, 0.1) is 16.7 Å². The molecule has 2 heterocycles. The molecule has 0 spiro atoms. The molecule has 1 amide bonds. The number of nitriles is 1. The number of anilines is 1. The maximum atomic E-state index is 12.0. The molecule has 0 aliphatic carbocycles. The molecule has 0 saturated heterocycles. The maximum Gasteiger partial charge on any atom is 0.275 e. The molecule has 5 nitrogen and oxygen atoms in total. The van der Waals surface area contributed by atoms with Crippen LogP contribution in [0, 0.1) is 18.3 Å². The van der Waals surface area contributed by atoms with E-state index in [0.717, 1.165) is 0 Å². The molecule has 2 rings (SSSR count). The second kappa shape index (κ2) is 5.46. The fraction of sp³-hybridized carbons (Fsp3) is 0.0769. The second-order valence-corrected chi connectivity index (χ2v) is 4.25. The van der Waals surface area contributed by atoms with E-state index >= 15 is 0 Å². The van der Waals surface area contributed by atoms with Gasteiger partial charge in [0.15, 0.2) is 0 Å². The molecule has 0 atom stereocenters. The highest BCUT2D eigenvalue weighted by atomic mass is 35.5. The van der Waals surface area contributed by atoms with E-state index in [1.165, 1.54) is 12.3 Å². The van der Waals surface area contributed by atoms with Gasteiger partial charge in [0.25, 0.3) is 5.91 Å². The highest BCUT2D eigenvalue weighted by Crippen LogP contribution is 2.11. The quantitative estimate of drug-likeness (QED) is 0.911. The Bertz CT molecular complexity index is 661. The molecule has 94 valence electrons. The molecule has 0 saturated carbocycles. The first-order valence-corrected chi connectivity index (χ1v) is 5.78. The SMILES string of the molecule is Cc1cc(C#N)cc(C(=O)Nc2ccc(Cl)cn2)n1. The Morgan fingerprint density at radius 1 is 1.42 bits per heavy atom. The van der Waals surface area contributed by atoms with Crippen molar-refractivity contribution < 1.29 is 4.79 Å². The Hall–Kier alpha value is -2.45. The van der Waals surface area contributed by atoms with Crippen LogP contribution in [-0.4, -0.2) is 15.9 Å². The minimum atomic E-state index is -0.421. The molecule has 0 aromatic carbocycles. The lowest BCUT2D eigenvalue weighted by Crippen LogP contribution is -2.15. The van der Waals surface area contributed by atoms with E-state index in [9.17, 15) is 4.79 Å². The molecule has 2 aromatic rings. The summed E-state index contributed by atoms with van der Waals surface area (Å²) in [7, 11) is 0. The summed E-state index contributed by atoms with van der Waals surface area (Å²) in [5, 5.41) is 11.9. The summed E-state index contributed by atoms with van der Waals surface area (Å²) in [6.45, 7) is 1.72. The van der Waals surface area contributed by atoms with Crippen LogP contribution < -0.4 is 5.32 Å². The Kier molecular flexibility index (Phi) is 3.74. The van der Waals surface area contributed by atoms with Crippen LogP contribution in [0.3, 0.4) is 0 Å². The molecule has 2 aromatic heterocycles. The fourth-order valence-corrected chi connectivity index (χ4v) is 1.59. The molecule has 6 heteroatoms. The fourth-order valence-electron chi connectivity index (χ4n) is 1.48. The molecular weight excluding hydrogens is 264 g/mol. The number of nitrogens with one attached hydrogen (secondary N) is 1. The topological polar surface area (TPSA) is 78.7 Å². The van der Waals surface area contributed by atoms with Gasteiger partial charge in [0, 0.05) is 11.9 Å². The number of carbonyl (C=O) groups is 1. The van der Waals surface area contributed by atoms with E-state index in [1.807, 2.05) is 6.07 Å². The third-order valence-corrected chi connectivity index (χ3v) is 2.51. The van der Waals surface area contributed by atoms with E-state index in [4.69, 9.17) is 16.9 Å². The van der Waals surface area contributed by atoms with Gasteiger partial charge in [-0.15, -0.1) is 0 Å². The molecule has 0 unspecified atom stereocenters. The molecule has 0 radical (unpaired) electrons. The van der Waals surface area contributed by atoms with Gasteiger partial charge in [-0.1, -0.05) is 11.6 Å². The van der Waals surface area contributed by atoms with Crippen molar-refractivity contribution in [2.45, 2.75) is 6.92 Å². The van der Waals surface area contributed by atoms with Gasteiger partial charge in [-0.3, -0.25) is 4.79 Å². The van der Waals surface area contributed by atoms with Crippen LogP contribution in [0.15, 0.2) is 30.5 Å². The van der Waals surface area contributed by atoms with Crippen LogP contribution in [0.5, 0.6) is 0 Å². The summed E-state index contributed by atoms with van der Waals surface area (Å²) in [5.74, 6) is -0.0498. The molecule has 1 N–H and O–H groups in total. The molecule has 0 aliphatic heterocycles. The zero-order valence-electron chi connectivity index (χ0n) is 10.0. The van der Waals surface area contributed by atoms with Crippen molar-refractivity contribution in [1.29, 1.82) is 5.26 Å². The minimum absolute atomic E-state index is 0.174. The Morgan fingerprint density at radius 2 is 2.21 bits per heavy atom. The number of carbonyl (C=O) groups excluding carboxylic acids is 1. The Labute approximate surface area is 114 Å². The number of rotatable bonds is 2. The second-order valence-electron chi connectivity index (χ2n) is 3.81. The number of hydrogen-bond donors (Lipinski definition) is 1. The first kappa shape index (κ1) is 13.0. The zero-order chi connectivity index (χ0) is 13.8. The summed E-state index contributed by atoms with van der Waals surface area (Å²) < 4.78 is 0. The number of pyridine rings is 2. The molecule has 0 aliphatic rings. The minimum Gasteiger partial charge on any atom is -0.305 e. The van der Waals surface area contributed by atoms with Gasteiger partial charge >= 0.3 is 0 Å². The Balaban J connectivity index is 2.23. The number of amides is 1. The van der Waals surface area contributed by atoms with Crippen molar-refractivity contribution in [2.24, 2.45) is 0 Å². The van der Waals surface area contributed by atoms with Gasteiger partial charge in [-0.05, 0) is 31.2 Å². The van der Waals surface area contributed by atoms with Crippen molar-refractivity contribution in [2.75, 3.05) is 5.32 Å². The van der Waals surface area contributed by atoms with E-state index in [1.54, 1.807) is 25.1 Å². The number of hydrogen-bond acceptors (Lipinski definition) is 4. The standard InChI is InChI=1S/C13H9ClN4O/c1-8-4-9(6-15)5-11(17-8)13(19)18-12-3-2-10(14)7-16-12/h2-5,7H,1H3,(H,16,18,19). The lowest BCUT2D eigenvalue weighted by atomic mass is 10.2. The summed E-state index contributed by atoms with van der Waals surface area (Å²) in [6, 6.07) is 8.22. The number of halogens is 1. The van der Waals surface area contributed by atoms with Crippen LogP contribution in [0.2, 0.25) is 5.02 Å². The van der Waals surface area contributed by atoms with Gasteiger partial charge in [0.2, 0.25) is 0 Å². The van der Waals surface area contributed by atoms with Crippen molar-refractivity contribution in [3.8, 4) is 6.07 Å². The summed E-state index contributed by atoms with van der Waals surface area (Å²) in [5.41, 5.74) is 1.17.